The van der Waals surface area contributed by atoms with E-state index in [4.69, 9.17) is 16.3 Å². The van der Waals surface area contributed by atoms with Crippen molar-refractivity contribution >= 4 is 11.6 Å². The molecule has 1 nitrogen and oxygen atoms in total. The fourth-order valence-electron chi connectivity index (χ4n) is 2.30. The predicted molar refractivity (Wildman–Crippen MR) is 74.9 cm³/mol. The van der Waals surface area contributed by atoms with E-state index in [-0.39, 0.29) is 16.9 Å². The highest BCUT2D eigenvalue weighted by Crippen LogP contribution is 2.36. The first-order valence-corrected chi connectivity index (χ1v) is 7.05. The molecule has 0 aliphatic rings. The maximum Gasteiger partial charge on any atom is 0.165 e. The van der Waals surface area contributed by atoms with E-state index in [0.29, 0.717) is 5.92 Å². The van der Waals surface area contributed by atoms with Crippen LogP contribution in [0, 0.1) is 11.7 Å². The van der Waals surface area contributed by atoms with Crippen LogP contribution in [0.2, 0.25) is 0 Å². The van der Waals surface area contributed by atoms with Gasteiger partial charge in [-0.05, 0) is 36.5 Å². The summed E-state index contributed by atoms with van der Waals surface area (Å²) in [6.45, 7) is 4.31. The van der Waals surface area contributed by atoms with E-state index in [1.165, 1.54) is 13.2 Å². The zero-order chi connectivity index (χ0) is 13.5. The van der Waals surface area contributed by atoms with Crippen LogP contribution in [0.5, 0.6) is 5.75 Å². The molecule has 0 radical (unpaired) electrons. The molecule has 0 amide bonds. The summed E-state index contributed by atoms with van der Waals surface area (Å²) in [5.74, 6) is 0.340. The summed E-state index contributed by atoms with van der Waals surface area (Å²) in [5.41, 5.74) is 0.849. The van der Waals surface area contributed by atoms with E-state index >= 15 is 0 Å². The summed E-state index contributed by atoms with van der Waals surface area (Å²) in [4.78, 5) is 0. The molecule has 0 spiro atoms. The molecule has 1 aromatic carbocycles. The summed E-state index contributed by atoms with van der Waals surface area (Å²) in [5, 5.41) is -0.120. The van der Waals surface area contributed by atoms with E-state index in [1.54, 1.807) is 6.07 Å². The van der Waals surface area contributed by atoms with Crippen LogP contribution in [0.3, 0.4) is 0 Å². The van der Waals surface area contributed by atoms with Gasteiger partial charge in [0.15, 0.2) is 11.6 Å². The number of hydrogen-bond donors (Lipinski definition) is 0. The minimum absolute atomic E-state index is 0.120. The summed E-state index contributed by atoms with van der Waals surface area (Å²) in [6.07, 6.45) is 4.37. The fraction of sp³-hybridized carbons (Fsp3) is 0.600. The second kappa shape index (κ2) is 7.63. The second-order valence-corrected chi connectivity index (χ2v) is 5.10. The summed E-state index contributed by atoms with van der Waals surface area (Å²) in [6, 6.07) is 5.00. The van der Waals surface area contributed by atoms with Gasteiger partial charge in [-0.15, -0.1) is 11.6 Å². The van der Waals surface area contributed by atoms with E-state index in [1.807, 2.05) is 6.07 Å². The van der Waals surface area contributed by atoms with Crippen LogP contribution in [0.15, 0.2) is 18.2 Å². The molecule has 0 aromatic heterocycles. The quantitative estimate of drug-likeness (QED) is 0.610. The maximum atomic E-state index is 13.7. The van der Waals surface area contributed by atoms with Crippen molar-refractivity contribution in [3.05, 3.63) is 29.6 Å². The zero-order valence-corrected chi connectivity index (χ0v) is 12.1. The third-order valence-electron chi connectivity index (χ3n) is 3.23. The van der Waals surface area contributed by atoms with Crippen LogP contribution in [-0.2, 0) is 0 Å². The fourth-order valence-corrected chi connectivity index (χ4v) is 2.69. The van der Waals surface area contributed by atoms with Crippen molar-refractivity contribution in [2.24, 2.45) is 5.92 Å². The smallest absolute Gasteiger partial charge is 0.165 e. The highest BCUT2D eigenvalue weighted by atomic mass is 35.5. The van der Waals surface area contributed by atoms with Crippen LogP contribution in [0.1, 0.15) is 50.5 Å². The zero-order valence-electron chi connectivity index (χ0n) is 11.4. The van der Waals surface area contributed by atoms with Gasteiger partial charge in [0, 0.05) is 0 Å². The lowest BCUT2D eigenvalue weighted by molar-refractivity contribution is 0.384. The lowest BCUT2D eigenvalue weighted by Gasteiger charge is -2.22. The number of benzene rings is 1. The van der Waals surface area contributed by atoms with Crippen molar-refractivity contribution < 1.29 is 9.13 Å². The van der Waals surface area contributed by atoms with E-state index in [9.17, 15) is 4.39 Å². The molecule has 3 heteroatoms. The largest absolute Gasteiger partial charge is 0.494 e. The summed E-state index contributed by atoms with van der Waals surface area (Å²) in [7, 11) is 1.47. The van der Waals surface area contributed by atoms with E-state index in [2.05, 4.69) is 13.8 Å². The molecule has 1 aromatic rings. The standard InChI is InChI=1S/C15H22ClFO/c1-4-6-11(7-5-2)15(16)12-8-9-14(18-3)13(17)10-12/h8-11,15H,4-7H2,1-3H3. The van der Waals surface area contributed by atoms with Crippen LogP contribution in [-0.4, -0.2) is 7.11 Å². The minimum Gasteiger partial charge on any atom is -0.494 e. The Bertz CT molecular complexity index is 362. The topological polar surface area (TPSA) is 9.23 Å². The molecule has 0 aliphatic heterocycles. The Balaban J connectivity index is 2.86. The first kappa shape index (κ1) is 15.3. The van der Waals surface area contributed by atoms with E-state index in [0.717, 1.165) is 31.2 Å². The Morgan fingerprint density at radius 3 is 2.28 bits per heavy atom. The summed E-state index contributed by atoms with van der Waals surface area (Å²) < 4.78 is 18.6. The van der Waals surface area contributed by atoms with Crippen LogP contribution < -0.4 is 4.74 Å². The second-order valence-electron chi connectivity index (χ2n) is 4.63. The number of hydrogen-bond acceptors (Lipinski definition) is 1. The van der Waals surface area contributed by atoms with Crippen molar-refractivity contribution in [3.63, 3.8) is 0 Å². The van der Waals surface area contributed by atoms with Gasteiger partial charge in [0.1, 0.15) is 0 Å². The molecule has 0 saturated carbocycles. The molecular formula is C15H22ClFO. The third kappa shape index (κ3) is 3.88. The molecule has 0 heterocycles. The van der Waals surface area contributed by atoms with Crippen molar-refractivity contribution in [2.75, 3.05) is 7.11 Å². The average molecular weight is 273 g/mol. The Labute approximate surface area is 114 Å². The van der Waals surface area contributed by atoms with Gasteiger partial charge in [-0.3, -0.25) is 0 Å². The molecule has 1 unspecified atom stereocenters. The van der Waals surface area contributed by atoms with Crippen LogP contribution in [0.25, 0.3) is 0 Å². The monoisotopic (exact) mass is 272 g/mol. The number of ether oxygens (including phenoxy) is 1. The van der Waals surface area contributed by atoms with Crippen molar-refractivity contribution in [1.82, 2.24) is 0 Å². The maximum absolute atomic E-state index is 13.7. The predicted octanol–water partition coefficient (Wildman–Crippen LogP) is 5.33. The Morgan fingerprint density at radius 1 is 1.22 bits per heavy atom. The van der Waals surface area contributed by atoms with Crippen LogP contribution >= 0.6 is 11.6 Å². The van der Waals surface area contributed by atoms with Gasteiger partial charge in [0.05, 0.1) is 12.5 Å². The number of alkyl halides is 1. The molecule has 18 heavy (non-hydrogen) atoms. The average Bonchev–Trinajstić information content (AvgIpc) is 2.37. The Kier molecular flexibility index (Phi) is 6.48. The third-order valence-corrected chi connectivity index (χ3v) is 3.84. The molecule has 0 aliphatic carbocycles. The molecule has 102 valence electrons. The van der Waals surface area contributed by atoms with Gasteiger partial charge in [-0.2, -0.15) is 0 Å². The lowest BCUT2D eigenvalue weighted by atomic mass is 9.90. The SMILES string of the molecule is CCCC(CCC)C(Cl)c1ccc(OC)c(F)c1. The lowest BCUT2D eigenvalue weighted by Crippen LogP contribution is -2.08. The minimum atomic E-state index is -0.340. The number of rotatable bonds is 7. The number of methoxy groups -OCH3 is 1. The molecule has 1 atom stereocenters. The molecule has 0 N–H and O–H groups in total. The summed E-state index contributed by atoms with van der Waals surface area (Å²) >= 11 is 6.49. The molecule has 1 rings (SSSR count). The first-order valence-electron chi connectivity index (χ1n) is 6.61. The van der Waals surface area contributed by atoms with Gasteiger partial charge in [-0.25, -0.2) is 4.39 Å². The molecule has 0 fully saturated rings. The van der Waals surface area contributed by atoms with Gasteiger partial charge < -0.3 is 4.74 Å². The number of halogens is 2. The van der Waals surface area contributed by atoms with E-state index < -0.39 is 0 Å². The van der Waals surface area contributed by atoms with Gasteiger partial charge in [0.2, 0.25) is 0 Å². The molecule has 0 saturated heterocycles. The highest BCUT2D eigenvalue weighted by Gasteiger charge is 2.20. The molecule has 0 bridgehead atoms. The normalized spacial score (nSPS) is 12.8. The highest BCUT2D eigenvalue weighted by molar-refractivity contribution is 6.21. The Hall–Kier alpha value is -0.760. The van der Waals surface area contributed by atoms with Crippen molar-refractivity contribution in [1.29, 1.82) is 0 Å². The molecular weight excluding hydrogens is 251 g/mol. The van der Waals surface area contributed by atoms with Crippen molar-refractivity contribution in [2.45, 2.75) is 44.9 Å². The van der Waals surface area contributed by atoms with Crippen LogP contribution in [0.4, 0.5) is 4.39 Å². The van der Waals surface area contributed by atoms with Gasteiger partial charge >= 0.3 is 0 Å². The first-order chi connectivity index (χ1) is 8.63. The van der Waals surface area contributed by atoms with Gasteiger partial charge in [-0.1, -0.05) is 32.8 Å². The van der Waals surface area contributed by atoms with Gasteiger partial charge in [0.25, 0.3) is 0 Å². The van der Waals surface area contributed by atoms with Crippen molar-refractivity contribution in [3.8, 4) is 5.75 Å². The Morgan fingerprint density at radius 2 is 1.83 bits per heavy atom.